The molecule has 2 heterocycles. The predicted molar refractivity (Wildman–Crippen MR) is 132 cm³/mol. The molecule has 0 spiro atoms. The highest BCUT2D eigenvalue weighted by Gasteiger charge is 2.29. The van der Waals surface area contributed by atoms with Crippen LogP contribution in [0.1, 0.15) is 65.5 Å². The fraction of sp³-hybridized carbons (Fsp3) is 0.423. The minimum absolute atomic E-state index is 0.0334. The van der Waals surface area contributed by atoms with Crippen molar-refractivity contribution in [3.05, 3.63) is 58.6 Å². The number of aliphatic hydroxyl groups is 1. The SMILES string of the molecule is C\C=C(/C(Cl)=C\C(=C(/C)CC)C(O)CCC)c1cc2cnc(NC(=O)C3CC3)cc2cn1. The molecule has 5 nitrogen and oxygen atoms in total. The molecule has 2 N–H and O–H groups in total. The van der Waals surface area contributed by atoms with Gasteiger partial charge < -0.3 is 10.4 Å². The molecule has 1 saturated carbocycles. The Morgan fingerprint density at radius 2 is 1.94 bits per heavy atom. The molecule has 0 saturated heterocycles. The Morgan fingerprint density at radius 3 is 2.56 bits per heavy atom. The summed E-state index contributed by atoms with van der Waals surface area (Å²) in [4.78, 5) is 21.0. The Hall–Kier alpha value is -2.50. The number of allylic oxidation sites excluding steroid dienone is 4. The summed E-state index contributed by atoms with van der Waals surface area (Å²) >= 11 is 6.74. The lowest BCUT2D eigenvalue weighted by molar-refractivity contribution is -0.117. The van der Waals surface area contributed by atoms with Gasteiger partial charge in [0.1, 0.15) is 5.82 Å². The van der Waals surface area contributed by atoms with Crippen LogP contribution in [0.3, 0.4) is 0 Å². The molecule has 170 valence electrons. The maximum Gasteiger partial charge on any atom is 0.228 e. The van der Waals surface area contributed by atoms with Crippen molar-refractivity contribution in [2.75, 3.05) is 5.32 Å². The van der Waals surface area contributed by atoms with E-state index < -0.39 is 6.10 Å². The Bertz CT molecular complexity index is 1080. The number of aliphatic hydroxyl groups excluding tert-OH is 1. The normalized spacial score (nSPS) is 16.7. The second kappa shape index (κ2) is 10.9. The van der Waals surface area contributed by atoms with E-state index in [1.165, 1.54) is 0 Å². The lowest BCUT2D eigenvalue weighted by atomic mass is 9.97. The van der Waals surface area contributed by atoms with Crippen molar-refractivity contribution in [1.82, 2.24) is 9.97 Å². The van der Waals surface area contributed by atoms with Crippen LogP contribution in [0.4, 0.5) is 5.82 Å². The summed E-state index contributed by atoms with van der Waals surface area (Å²) < 4.78 is 0. The van der Waals surface area contributed by atoms with Gasteiger partial charge in [-0.1, -0.05) is 43.5 Å². The predicted octanol–water partition coefficient (Wildman–Crippen LogP) is 6.39. The Kier molecular flexibility index (Phi) is 8.21. The first-order chi connectivity index (χ1) is 15.4. The molecular weight excluding hydrogens is 422 g/mol. The Morgan fingerprint density at radius 1 is 1.25 bits per heavy atom. The summed E-state index contributed by atoms with van der Waals surface area (Å²) in [7, 11) is 0. The van der Waals surface area contributed by atoms with Gasteiger partial charge in [-0.15, -0.1) is 0 Å². The number of aromatic nitrogens is 2. The summed E-state index contributed by atoms with van der Waals surface area (Å²) in [6.45, 7) is 8.08. The number of rotatable bonds is 9. The van der Waals surface area contributed by atoms with Gasteiger partial charge in [-0.25, -0.2) is 4.98 Å². The third kappa shape index (κ3) is 5.84. The molecule has 1 amide bonds. The minimum Gasteiger partial charge on any atom is -0.388 e. The zero-order valence-electron chi connectivity index (χ0n) is 19.3. The summed E-state index contributed by atoms with van der Waals surface area (Å²) in [5, 5.41) is 15.8. The average Bonchev–Trinajstić information content (AvgIpc) is 3.63. The van der Waals surface area contributed by atoms with E-state index in [0.29, 0.717) is 17.3 Å². The van der Waals surface area contributed by atoms with E-state index >= 15 is 0 Å². The first-order valence-electron chi connectivity index (χ1n) is 11.4. The number of nitrogens with zero attached hydrogens (tertiary/aromatic N) is 2. The molecule has 1 atom stereocenters. The van der Waals surface area contributed by atoms with Crippen LogP contribution in [0.5, 0.6) is 0 Å². The molecule has 0 radical (unpaired) electrons. The van der Waals surface area contributed by atoms with Crippen LogP contribution in [0.2, 0.25) is 0 Å². The maximum absolute atomic E-state index is 12.0. The summed E-state index contributed by atoms with van der Waals surface area (Å²) in [6.07, 6.45) is 11.1. The quantitative estimate of drug-likeness (QED) is 0.431. The number of anilines is 1. The molecule has 2 aromatic heterocycles. The lowest BCUT2D eigenvalue weighted by Crippen LogP contribution is -2.14. The number of halogens is 1. The number of amides is 1. The molecule has 2 aromatic rings. The molecule has 0 aromatic carbocycles. The van der Waals surface area contributed by atoms with Gasteiger partial charge in [0, 0.05) is 39.7 Å². The molecule has 6 heteroatoms. The van der Waals surface area contributed by atoms with Crippen molar-refractivity contribution in [3.63, 3.8) is 0 Å². The fourth-order valence-corrected chi connectivity index (χ4v) is 3.91. The van der Waals surface area contributed by atoms with Crippen molar-refractivity contribution >= 4 is 39.7 Å². The topological polar surface area (TPSA) is 75.1 Å². The molecular formula is C26H32ClN3O2. The second-order valence-electron chi connectivity index (χ2n) is 8.34. The van der Waals surface area contributed by atoms with Crippen molar-refractivity contribution in [3.8, 4) is 0 Å². The first kappa shape index (κ1) is 24.1. The lowest BCUT2D eigenvalue weighted by Gasteiger charge is -2.16. The van der Waals surface area contributed by atoms with Crippen LogP contribution in [0, 0.1) is 5.92 Å². The van der Waals surface area contributed by atoms with Crippen LogP contribution in [-0.4, -0.2) is 27.1 Å². The molecule has 1 fully saturated rings. The molecule has 32 heavy (non-hydrogen) atoms. The van der Waals surface area contributed by atoms with Gasteiger partial charge in [0.2, 0.25) is 5.91 Å². The van der Waals surface area contributed by atoms with Gasteiger partial charge in [-0.05, 0) is 63.3 Å². The maximum atomic E-state index is 12.0. The highest BCUT2D eigenvalue weighted by molar-refractivity contribution is 6.37. The standard InChI is InChI=1S/C26H32ClN3O2/c1-5-8-24(31)21(16(4)6-2)13-22(27)20(7-3)23-11-18-15-29-25(12-19(18)14-28-23)30-26(32)17-9-10-17/h7,11-15,17,24,31H,5-6,8-10H2,1-4H3,(H,29,30,32)/b20-7+,21-16-,22-13+. The van der Waals surface area contributed by atoms with Gasteiger partial charge in [-0.3, -0.25) is 9.78 Å². The Balaban J connectivity index is 1.89. The number of hydrogen-bond acceptors (Lipinski definition) is 4. The summed E-state index contributed by atoms with van der Waals surface area (Å²) in [5.41, 5.74) is 3.52. The van der Waals surface area contributed by atoms with Crippen LogP contribution in [0.25, 0.3) is 16.3 Å². The van der Waals surface area contributed by atoms with Gasteiger partial charge in [0.25, 0.3) is 0 Å². The van der Waals surface area contributed by atoms with Crippen molar-refractivity contribution < 1.29 is 9.90 Å². The van der Waals surface area contributed by atoms with Gasteiger partial charge in [0.15, 0.2) is 0 Å². The van der Waals surface area contributed by atoms with Crippen molar-refractivity contribution in [2.24, 2.45) is 5.92 Å². The minimum atomic E-state index is -0.537. The number of pyridine rings is 2. The van der Waals surface area contributed by atoms with Crippen LogP contribution in [-0.2, 0) is 4.79 Å². The average molecular weight is 454 g/mol. The number of carbonyl (C=O) groups is 1. The van der Waals surface area contributed by atoms with E-state index in [1.54, 1.807) is 12.4 Å². The van der Waals surface area contributed by atoms with Crippen molar-refractivity contribution in [2.45, 2.75) is 65.9 Å². The van der Waals surface area contributed by atoms with E-state index in [4.69, 9.17) is 11.6 Å². The first-order valence-corrected chi connectivity index (χ1v) is 11.7. The van der Waals surface area contributed by atoms with E-state index in [2.05, 4.69) is 29.1 Å². The zero-order valence-corrected chi connectivity index (χ0v) is 20.0. The van der Waals surface area contributed by atoms with Gasteiger partial charge in [-0.2, -0.15) is 0 Å². The van der Waals surface area contributed by atoms with E-state index in [-0.39, 0.29) is 11.8 Å². The van der Waals surface area contributed by atoms with E-state index in [0.717, 1.165) is 58.9 Å². The van der Waals surface area contributed by atoms with E-state index in [9.17, 15) is 9.90 Å². The molecule has 1 aliphatic carbocycles. The monoisotopic (exact) mass is 453 g/mol. The highest BCUT2D eigenvalue weighted by atomic mass is 35.5. The van der Waals surface area contributed by atoms with Gasteiger partial charge >= 0.3 is 0 Å². The fourth-order valence-electron chi connectivity index (χ4n) is 3.59. The summed E-state index contributed by atoms with van der Waals surface area (Å²) in [6, 6.07) is 3.78. The molecule has 3 rings (SSSR count). The summed E-state index contributed by atoms with van der Waals surface area (Å²) in [5.74, 6) is 0.708. The van der Waals surface area contributed by atoms with Crippen LogP contribution >= 0.6 is 11.6 Å². The third-order valence-electron chi connectivity index (χ3n) is 5.85. The second-order valence-corrected chi connectivity index (χ2v) is 8.75. The molecule has 0 bridgehead atoms. The highest BCUT2D eigenvalue weighted by Crippen LogP contribution is 2.32. The number of fused-ring (bicyclic) bond motifs is 1. The zero-order chi connectivity index (χ0) is 23.3. The third-order valence-corrected chi connectivity index (χ3v) is 6.16. The Labute approximate surface area is 195 Å². The number of hydrogen-bond donors (Lipinski definition) is 2. The van der Waals surface area contributed by atoms with Crippen molar-refractivity contribution in [1.29, 1.82) is 0 Å². The van der Waals surface area contributed by atoms with Crippen LogP contribution in [0.15, 0.2) is 52.9 Å². The smallest absolute Gasteiger partial charge is 0.228 e. The van der Waals surface area contributed by atoms with E-state index in [1.807, 2.05) is 38.1 Å². The van der Waals surface area contributed by atoms with Gasteiger partial charge in [0.05, 0.1) is 11.8 Å². The largest absolute Gasteiger partial charge is 0.388 e. The molecule has 0 aliphatic heterocycles. The molecule has 1 unspecified atom stereocenters. The number of carbonyl (C=O) groups excluding carboxylic acids is 1. The molecule has 1 aliphatic rings. The number of nitrogens with one attached hydrogen (secondary N) is 1. The van der Waals surface area contributed by atoms with Crippen LogP contribution < -0.4 is 5.32 Å².